The molecule has 0 spiro atoms. The Hall–Kier alpha value is -3.22. The molecule has 2 heterocycles. The molecular formula is C24H23ClN4O2. The maximum Gasteiger partial charge on any atom is 0.256 e. The maximum atomic E-state index is 12.9. The molecule has 1 amide bonds. The summed E-state index contributed by atoms with van der Waals surface area (Å²) in [5.74, 6) is 0.308. The number of carbonyl (C=O) groups is 2. The van der Waals surface area contributed by atoms with Crippen molar-refractivity contribution in [1.29, 1.82) is 0 Å². The Bertz CT molecular complexity index is 1080. The third-order valence-electron chi connectivity index (χ3n) is 5.36. The Morgan fingerprint density at radius 1 is 0.903 bits per heavy atom. The Balaban J connectivity index is 1.49. The molecule has 0 unspecified atom stereocenters. The zero-order valence-electron chi connectivity index (χ0n) is 17.2. The van der Waals surface area contributed by atoms with Crippen LogP contribution in [0.5, 0.6) is 0 Å². The number of benzene rings is 2. The Kier molecular flexibility index (Phi) is 6.30. The largest absolute Gasteiger partial charge is 0.354 e. The summed E-state index contributed by atoms with van der Waals surface area (Å²) in [6.07, 6.45) is 1.65. The van der Waals surface area contributed by atoms with Gasteiger partial charge in [-0.3, -0.25) is 9.59 Å². The highest BCUT2D eigenvalue weighted by molar-refractivity contribution is 6.30. The molecule has 0 saturated carbocycles. The van der Waals surface area contributed by atoms with Crippen molar-refractivity contribution in [2.75, 3.05) is 43.4 Å². The van der Waals surface area contributed by atoms with Crippen LogP contribution < -0.4 is 10.2 Å². The summed E-state index contributed by atoms with van der Waals surface area (Å²) in [6, 6.07) is 17.1. The zero-order chi connectivity index (χ0) is 21.8. The number of aromatic nitrogens is 1. The van der Waals surface area contributed by atoms with Crippen LogP contribution in [0, 0.1) is 0 Å². The van der Waals surface area contributed by atoms with E-state index in [2.05, 4.69) is 27.1 Å². The highest BCUT2D eigenvalue weighted by Crippen LogP contribution is 2.20. The predicted molar refractivity (Wildman–Crippen MR) is 123 cm³/mol. The third kappa shape index (κ3) is 4.93. The monoisotopic (exact) mass is 434 g/mol. The van der Waals surface area contributed by atoms with E-state index in [0.717, 1.165) is 32.0 Å². The van der Waals surface area contributed by atoms with Crippen LogP contribution >= 0.6 is 11.6 Å². The van der Waals surface area contributed by atoms with E-state index in [0.29, 0.717) is 27.4 Å². The van der Waals surface area contributed by atoms with Gasteiger partial charge in [-0.15, -0.1) is 0 Å². The Labute approximate surface area is 186 Å². The van der Waals surface area contributed by atoms with Crippen molar-refractivity contribution < 1.29 is 9.59 Å². The lowest BCUT2D eigenvalue weighted by molar-refractivity contribution is 0.0996. The normalized spacial score (nSPS) is 14.3. The lowest BCUT2D eigenvalue weighted by atomic mass is 9.98. The van der Waals surface area contributed by atoms with Gasteiger partial charge in [-0.2, -0.15) is 0 Å². The van der Waals surface area contributed by atoms with Gasteiger partial charge in [-0.25, -0.2) is 4.98 Å². The second-order valence-corrected chi connectivity index (χ2v) is 7.97. The number of anilines is 2. The van der Waals surface area contributed by atoms with Crippen molar-refractivity contribution in [2.24, 2.45) is 0 Å². The molecule has 158 valence electrons. The molecule has 1 N–H and O–H groups in total. The summed E-state index contributed by atoms with van der Waals surface area (Å²) < 4.78 is 0. The molecule has 0 radical (unpaired) electrons. The first-order valence-corrected chi connectivity index (χ1v) is 10.5. The van der Waals surface area contributed by atoms with Gasteiger partial charge in [0, 0.05) is 42.3 Å². The molecule has 0 atom stereocenters. The summed E-state index contributed by atoms with van der Waals surface area (Å²) >= 11 is 5.91. The van der Waals surface area contributed by atoms with Crippen LogP contribution in [0.4, 0.5) is 11.5 Å². The fourth-order valence-corrected chi connectivity index (χ4v) is 3.64. The van der Waals surface area contributed by atoms with E-state index in [1.165, 1.54) is 0 Å². The van der Waals surface area contributed by atoms with E-state index in [4.69, 9.17) is 11.6 Å². The number of piperazine rings is 1. The van der Waals surface area contributed by atoms with E-state index in [1.807, 2.05) is 12.1 Å². The average Bonchev–Trinajstić information content (AvgIpc) is 2.80. The van der Waals surface area contributed by atoms with Crippen molar-refractivity contribution in [3.05, 3.63) is 88.6 Å². The molecule has 1 saturated heterocycles. The molecule has 7 heteroatoms. The van der Waals surface area contributed by atoms with Gasteiger partial charge in [0.1, 0.15) is 5.82 Å². The highest BCUT2D eigenvalue weighted by atomic mass is 35.5. The van der Waals surface area contributed by atoms with Gasteiger partial charge in [-0.1, -0.05) is 29.8 Å². The molecule has 0 bridgehead atoms. The third-order valence-corrected chi connectivity index (χ3v) is 5.61. The van der Waals surface area contributed by atoms with Crippen LogP contribution in [-0.4, -0.2) is 54.8 Å². The van der Waals surface area contributed by atoms with Gasteiger partial charge >= 0.3 is 0 Å². The summed E-state index contributed by atoms with van der Waals surface area (Å²) in [7, 11) is 2.11. The van der Waals surface area contributed by atoms with Crippen LogP contribution in [0.15, 0.2) is 66.9 Å². The lowest BCUT2D eigenvalue weighted by Crippen LogP contribution is -2.44. The van der Waals surface area contributed by atoms with Gasteiger partial charge in [0.25, 0.3) is 5.91 Å². The number of hydrogen-bond donors (Lipinski definition) is 1. The number of amides is 1. The first-order valence-electron chi connectivity index (χ1n) is 10.1. The van der Waals surface area contributed by atoms with E-state index in [1.54, 1.807) is 54.7 Å². The number of nitrogens with zero attached hydrogens (tertiary/aromatic N) is 3. The SMILES string of the molecule is CN1CCN(c2ccc(NC(=O)c3ccccc3C(=O)c3ccc(Cl)cc3)cn2)CC1. The second-order valence-electron chi connectivity index (χ2n) is 7.53. The van der Waals surface area contributed by atoms with Gasteiger partial charge in [0.2, 0.25) is 0 Å². The molecule has 1 aromatic heterocycles. The molecule has 0 aliphatic carbocycles. The van der Waals surface area contributed by atoms with Crippen LogP contribution in [-0.2, 0) is 0 Å². The summed E-state index contributed by atoms with van der Waals surface area (Å²) in [6.45, 7) is 3.85. The van der Waals surface area contributed by atoms with Crippen molar-refractivity contribution in [3.8, 4) is 0 Å². The van der Waals surface area contributed by atoms with E-state index >= 15 is 0 Å². The number of halogens is 1. The number of ketones is 1. The molecule has 31 heavy (non-hydrogen) atoms. The summed E-state index contributed by atoms with van der Waals surface area (Å²) in [5.41, 5.74) is 1.70. The molecule has 1 fully saturated rings. The quantitative estimate of drug-likeness (QED) is 0.615. The Morgan fingerprint density at radius 2 is 1.58 bits per heavy atom. The van der Waals surface area contributed by atoms with Gasteiger partial charge < -0.3 is 15.1 Å². The van der Waals surface area contributed by atoms with E-state index in [9.17, 15) is 9.59 Å². The van der Waals surface area contributed by atoms with Crippen molar-refractivity contribution >= 4 is 34.8 Å². The minimum absolute atomic E-state index is 0.231. The van der Waals surface area contributed by atoms with Crippen molar-refractivity contribution in [1.82, 2.24) is 9.88 Å². The fraction of sp³-hybridized carbons (Fsp3) is 0.208. The molecular weight excluding hydrogens is 412 g/mol. The van der Waals surface area contributed by atoms with Gasteiger partial charge in [0.05, 0.1) is 17.4 Å². The minimum atomic E-state index is -0.355. The van der Waals surface area contributed by atoms with E-state index < -0.39 is 0 Å². The number of likely N-dealkylation sites (N-methyl/N-ethyl adjacent to an activating group) is 1. The standard InChI is InChI=1S/C24H23ClN4O2/c1-28-12-14-29(15-13-28)22-11-10-19(16-26-22)27-24(31)21-5-3-2-4-20(21)23(30)17-6-8-18(25)9-7-17/h2-11,16H,12-15H2,1H3,(H,27,31). The number of carbonyl (C=O) groups excluding carboxylic acids is 2. The molecule has 2 aromatic carbocycles. The minimum Gasteiger partial charge on any atom is -0.354 e. The van der Waals surface area contributed by atoms with Gasteiger partial charge in [-0.05, 0) is 49.5 Å². The van der Waals surface area contributed by atoms with Crippen LogP contribution in [0.2, 0.25) is 5.02 Å². The smallest absolute Gasteiger partial charge is 0.256 e. The summed E-state index contributed by atoms with van der Waals surface area (Å²) in [4.78, 5) is 34.9. The molecule has 6 nitrogen and oxygen atoms in total. The van der Waals surface area contributed by atoms with Crippen LogP contribution in [0.1, 0.15) is 26.3 Å². The first-order chi connectivity index (χ1) is 15.0. The zero-order valence-corrected chi connectivity index (χ0v) is 18.0. The van der Waals surface area contributed by atoms with Crippen molar-refractivity contribution in [2.45, 2.75) is 0 Å². The second kappa shape index (κ2) is 9.29. The maximum absolute atomic E-state index is 12.9. The van der Waals surface area contributed by atoms with Gasteiger partial charge in [0.15, 0.2) is 5.78 Å². The topological polar surface area (TPSA) is 65.5 Å². The van der Waals surface area contributed by atoms with Crippen LogP contribution in [0.25, 0.3) is 0 Å². The number of nitrogens with one attached hydrogen (secondary N) is 1. The van der Waals surface area contributed by atoms with E-state index in [-0.39, 0.29) is 11.7 Å². The highest BCUT2D eigenvalue weighted by Gasteiger charge is 2.19. The molecule has 3 aromatic rings. The predicted octanol–water partition coefficient (Wildman–Crippen LogP) is 3.97. The first kappa shape index (κ1) is 21.0. The number of pyridine rings is 1. The summed E-state index contributed by atoms with van der Waals surface area (Å²) in [5, 5.41) is 3.40. The Morgan fingerprint density at radius 3 is 2.23 bits per heavy atom. The van der Waals surface area contributed by atoms with Crippen molar-refractivity contribution in [3.63, 3.8) is 0 Å². The molecule has 4 rings (SSSR count). The number of hydrogen-bond acceptors (Lipinski definition) is 5. The van der Waals surface area contributed by atoms with Crippen LogP contribution in [0.3, 0.4) is 0 Å². The lowest BCUT2D eigenvalue weighted by Gasteiger charge is -2.33. The fourth-order valence-electron chi connectivity index (χ4n) is 3.52. The molecule has 1 aliphatic heterocycles. The molecule has 1 aliphatic rings. The number of rotatable bonds is 5. The average molecular weight is 435 g/mol.